The van der Waals surface area contributed by atoms with Crippen molar-refractivity contribution >= 4 is 11.8 Å². The average Bonchev–Trinajstić information content (AvgIpc) is 2.74. The number of carbonyl (C=O) groups excluding carboxylic acids is 2. The second-order valence-corrected chi connectivity index (χ2v) is 6.20. The lowest BCUT2D eigenvalue weighted by Gasteiger charge is -2.15. The third-order valence-corrected chi connectivity index (χ3v) is 4.19. The Morgan fingerprint density at radius 2 is 1.46 bits per heavy atom. The zero-order valence-electron chi connectivity index (χ0n) is 16.4. The number of nitrogens with one attached hydrogen (secondary N) is 2. The Balaban J connectivity index is 1.72. The Morgan fingerprint density at radius 3 is 2.07 bits per heavy atom. The number of methoxy groups -OCH3 is 1. The molecule has 0 bridgehead atoms. The predicted octanol–water partition coefficient (Wildman–Crippen LogP) is 2.81. The first-order valence-electron chi connectivity index (χ1n) is 9.09. The molecule has 1 atom stereocenters. The van der Waals surface area contributed by atoms with Gasteiger partial charge < -0.3 is 14.2 Å². The first-order valence-corrected chi connectivity index (χ1v) is 9.09. The lowest BCUT2D eigenvalue weighted by molar-refractivity contribution is -0.131. The molecule has 28 heavy (non-hydrogen) atoms. The number of rotatable bonds is 9. The van der Waals surface area contributed by atoms with Gasteiger partial charge in [-0.1, -0.05) is 32.0 Å². The minimum absolute atomic E-state index is 0.201. The highest BCUT2D eigenvalue weighted by Crippen LogP contribution is 2.28. The summed E-state index contributed by atoms with van der Waals surface area (Å²) in [6, 6.07) is 14.4. The summed E-state index contributed by atoms with van der Waals surface area (Å²) in [5.41, 5.74) is 5.65. The first kappa shape index (κ1) is 21.1. The quantitative estimate of drug-likeness (QED) is 0.647. The minimum atomic E-state index is -0.482. The van der Waals surface area contributed by atoms with Crippen molar-refractivity contribution in [2.75, 3.05) is 20.3 Å². The number of hydrazine groups is 1. The van der Waals surface area contributed by atoms with Crippen LogP contribution in [0.1, 0.15) is 31.7 Å². The molecule has 0 saturated carbocycles. The van der Waals surface area contributed by atoms with Gasteiger partial charge in [0, 0.05) is 0 Å². The smallest absolute Gasteiger partial charge is 0.276 e. The van der Waals surface area contributed by atoms with Crippen LogP contribution in [0.15, 0.2) is 48.5 Å². The Bertz CT molecular complexity index is 777. The molecule has 1 unspecified atom stereocenters. The van der Waals surface area contributed by atoms with Crippen LogP contribution in [0, 0.1) is 0 Å². The highest BCUT2D eigenvalue weighted by atomic mass is 16.5. The van der Waals surface area contributed by atoms with Crippen molar-refractivity contribution in [1.29, 1.82) is 0 Å². The number of ether oxygens (including phenoxy) is 3. The average molecular weight is 386 g/mol. The number of amides is 2. The van der Waals surface area contributed by atoms with Gasteiger partial charge in [-0.15, -0.1) is 0 Å². The van der Waals surface area contributed by atoms with E-state index in [9.17, 15) is 9.59 Å². The van der Waals surface area contributed by atoms with Crippen LogP contribution < -0.4 is 25.1 Å². The fourth-order valence-electron chi connectivity index (χ4n) is 2.41. The molecule has 0 radical (unpaired) electrons. The molecule has 2 rings (SSSR count). The maximum atomic E-state index is 11.9. The molecular weight excluding hydrogens is 360 g/mol. The summed E-state index contributed by atoms with van der Waals surface area (Å²) >= 11 is 0. The lowest BCUT2D eigenvalue weighted by atomic mass is 9.98. The van der Waals surface area contributed by atoms with Gasteiger partial charge in [-0.2, -0.15) is 0 Å². The van der Waals surface area contributed by atoms with E-state index in [2.05, 4.69) is 24.7 Å². The molecule has 0 heterocycles. The van der Waals surface area contributed by atoms with E-state index >= 15 is 0 Å². The van der Waals surface area contributed by atoms with Gasteiger partial charge in [0.2, 0.25) is 0 Å². The Kier molecular flexibility index (Phi) is 8.14. The summed E-state index contributed by atoms with van der Waals surface area (Å²) in [4.78, 5) is 23.7. The molecule has 0 aliphatic carbocycles. The van der Waals surface area contributed by atoms with Crippen molar-refractivity contribution in [1.82, 2.24) is 10.9 Å². The zero-order chi connectivity index (χ0) is 20.4. The predicted molar refractivity (Wildman–Crippen MR) is 105 cm³/mol. The van der Waals surface area contributed by atoms with Gasteiger partial charge in [-0.05, 0) is 48.2 Å². The molecule has 7 heteroatoms. The molecule has 0 fully saturated rings. The first-order chi connectivity index (χ1) is 13.5. The van der Waals surface area contributed by atoms with E-state index in [0.717, 1.165) is 12.0 Å². The van der Waals surface area contributed by atoms with Gasteiger partial charge in [-0.25, -0.2) is 0 Å². The number of para-hydroxylation sites is 1. The molecule has 0 spiro atoms. The van der Waals surface area contributed by atoms with Crippen LogP contribution in [-0.4, -0.2) is 32.1 Å². The van der Waals surface area contributed by atoms with Crippen molar-refractivity contribution in [2.24, 2.45) is 0 Å². The Morgan fingerprint density at radius 1 is 0.893 bits per heavy atom. The van der Waals surface area contributed by atoms with Gasteiger partial charge in [0.15, 0.2) is 13.2 Å². The summed E-state index contributed by atoms with van der Waals surface area (Å²) in [7, 11) is 1.57. The topological polar surface area (TPSA) is 85.9 Å². The van der Waals surface area contributed by atoms with Crippen molar-refractivity contribution in [2.45, 2.75) is 26.2 Å². The van der Waals surface area contributed by atoms with Gasteiger partial charge in [0.25, 0.3) is 11.8 Å². The van der Waals surface area contributed by atoms with Crippen LogP contribution in [0.5, 0.6) is 17.2 Å². The normalized spacial score (nSPS) is 11.2. The van der Waals surface area contributed by atoms with E-state index in [1.165, 1.54) is 0 Å². The van der Waals surface area contributed by atoms with E-state index in [4.69, 9.17) is 14.2 Å². The monoisotopic (exact) mass is 386 g/mol. The molecule has 2 aromatic carbocycles. The third kappa shape index (κ3) is 6.50. The highest BCUT2D eigenvalue weighted by Gasteiger charge is 2.11. The van der Waals surface area contributed by atoms with Gasteiger partial charge in [0.05, 0.1) is 7.11 Å². The van der Waals surface area contributed by atoms with E-state index in [-0.39, 0.29) is 13.2 Å². The largest absolute Gasteiger partial charge is 0.497 e. The van der Waals surface area contributed by atoms with E-state index < -0.39 is 11.8 Å². The molecule has 150 valence electrons. The standard InChI is InChI=1S/C21H26N2O5/c1-4-15(2)18-7-5-6-8-19(18)28-14-21(25)23-22-20(24)13-27-17-11-9-16(26-3)10-12-17/h5-12,15H,4,13-14H2,1-3H3,(H,22,24)(H,23,25). The fourth-order valence-corrected chi connectivity index (χ4v) is 2.41. The summed E-state index contributed by atoms with van der Waals surface area (Å²) in [5, 5.41) is 0. The van der Waals surface area contributed by atoms with E-state index in [0.29, 0.717) is 23.2 Å². The number of benzene rings is 2. The molecule has 0 aliphatic heterocycles. The second kappa shape index (κ2) is 10.8. The summed E-state index contributed by atoms with van der Waals surface area (Å²) in [6.07, 6.45) is 0.969. The van der Waals surface area contributed by atoms with Crippen molar-refractivity contribution in [3.05, 3.63) is 54.1 Å². The maximum Gasteiger partial charge on any atom is 0.276 e. The maximum absolute atomic E-state index is 11.9. The van der Waals surface area contributed by atoms with Crippen LogP contribution >= 0.6 is 0 Å². The molecule has 2 amide bonds. The van der Waals surface area contributed by atoms with Crippen LogP contribution in [0.25, 0.3) is 0 Å². The minimum Gasteiger partial charge on any atom is -0.497 e. The fraction of sp³-hybridized carbons (Fsp3) is 0.333. The summed E-state index contributed by atoms with van der Waals surface area (Å²) in [5.74, 6) is 1.27. The number of hydrogen-bond donors (Lipinski definition) is 2. The molecule has 0 aliphatic rings. The van der Waals surface area contributed by atoms with Crippen molar-refractivity contribution in [3.8, 4) is 17.2 Å². The Hall–Kier alpha value is -3.22. The third-order valence-electron chi connectivity index (χ3n) is 4.19. The van der Waals surface area contributed by atoms with E-state index in [1.807, 2.05) is 24.3 Å². The zero-order valence-corrected chi connectivity index (χ0v) is 16.4. The van der Waals surface area contributed by atoms with Crippen LogP contribution in [-0.2, 0) is 9.59 Å². The summed E-state index contributed by atoms with van der Waals surface area (Å²) < 4.78 is 16.0. The van der Waals surface area contributed by atoms with Gasteiger partial charge >= 0.3 is 0 Å². The van der Waals surface area contributed by atoms with Crippen molar-refractivity contribution in [3.63, 3.8) is 0 Å². The second-order valence-electron chi connectivity index (χ2n) is 6.20. The number of carbonyl (C=O) groups is 2. The Labute approximate surface area is 165 Å². The van der Waals surface area contributed by atoms with Crippen LogP contribution in [0.3, 0.4) is 0 Å². The SMILES string of the molecule is CCC(C)c1ccccc1OCC(=O)NNC(=O)COc1ccc(OC)cc1. The molecular formula is C21H26N2O5. The van der Waals surface area contributed by atoms with Crippen molar-refractivity contribution < 1.29 is 23.8 Å². The van der Waals surface area contributed by atoms with Crippen LogP contribution in [0.4, 0.5) is 0 Å². The molecule has 7 nitrogen and oxygen atoms in total. The number of hydrogen-bond acceptors (Lipinski definition) is 5. The molecule has 2 N–H and O–H groups in total. The molecule has 2 aromatic rings. The molecule has 0 saturated heterocycles. The molecule has 0 aromatic heterocycles. The van der Waals surface area contributed by atoms with Crippen LogP contribution in [0.2, 0.25) is 0 Å². The summed E-state index contributed by atoms with van der Waals surface area (Å²) in [6.45, 7) is 3.76. The van der Waals surface area contributed by atoms with Gasteiger partial charge in [0.1, 0.15) is 17.2 Å². The highest BCUT2D eigenvalue weighted by molar-refractivity contribution is 5.83. The lowest BCUT2D eigenvalue weighted by Crippen LogP contribution is -2.45. The van der Waals surface area contributed by atoms with Gasteiger partial charge in [-0.3, -0.25) is 20.4 Å². The van der Waals surface area contributed by atoms with E-state index in [1.54, 1.807) is 31.4 Å².